The standard InChI is InChI=1S/C17H21NO3.ClH/c1-20-14-9-6-10-15(21-2)16(14)17(18)13(19)11-12-7-4-3-5-8-12;/h3-10,13,17,19H,11,18H2,1-2H3;1H/t13-,17-;/m1./s1. The second-order valence-corrected chi connectivity index (χ2v) is 4.86. The molecule has 0 heterocycles. The van der Waals surface area contributed by atoms with Gasteiger partial charge in [-0.15, -0.1) is 12.4 Å². The van der Waals surface area contributed by atoms with E-state index < -0.39 is 12.1 Å². The van der Waals surface area contributed by atoms with Crippen LogP contribution in [0.25, 0.3) is 0 Å². The molecule has 22 heavy (non-hydrogen) atoms. The summed E-state index contributed by atoms with van der Waals surface area (Å²) >= 11 is 0. The number of nitrogens with two attached hydrogens (primary N) is 1. The van der Waals surface area contributed by atoms with Crippen molar-refractivity contribution in [2.75, 3.05) is 14.2 Å². The number of benzene rings is 2. The largest absolute Gasteiger partial charge is 0.496 e. The minimum atomic E-state index is -0.724. The van der Waals surface area contributed by atoms with Crippen molar-refractivity contribution in [1.29, 1.82) is 0 Å². The van der Waals surface area contributed by atoms with Crippen molar-refractivity contribution in [2.24, 2.45) is 5.73 Å². The van der Waals surface area contributed by atoms with E-state index in [0.717, 1.165) is 5.56 Å². The van der Waals surface area contributed by atoms with E-state index in [9.17, 15) is 5.11 Å². The van der Waals surface area contributed by atoms with Crippen LogP contribution < -0.4 is 15.2 Å². The van der Waals surface area contributed by atoms with E-state index in [1.807, 2.05) is 48.5 Å². The molecule has 2 aromatic rings. The van der Waals surface area contributed by atoms with Crippen molar-refractivity contribution in [3.8, 4) is 11.5 Å². The number of aliphatic hydroxyl groups is 1. The van der Waals surface area contributed by atoms with Crippen LogP contribution in [0.3, 0.4) is 0 Å². The molecule has 2 atom stereocenters. The van der Waals surface area contributed by atoms with Crippen LogP contribution in [-0.2, 0) is 6.42 Å². The molecular weight excluding hydrogens is 302 g/mol. The quantitative estimate of drug-likeness (QED) is 0.858. The average molecular weight is 324 g/mol. The third-order valence-corrected chi connectivity index (χ3v) is 3.50. The smallest absolute Gasteiger partial charge is 0.127 e. The number of aliphatic hydroxyl groups excluding tert-OH is 1. The Kier molecular flexibility index (Phi) is 7.18. The van der Waals surface area contributed by atoms with Gasteiger partial charge in [0.25, 0.3) is 0 Å². The molecule has 2 rings (SSSR count). The Morgan fingerprint density at radius 1 is 0.955 bits per heavy atom. The molecule has 0 aliphatic carbocycles. The summed E-state index contributed by atoms with van der Waals surface area (Å²) < 4.78 is 10.7. The molecule has 0 saturated carbocycles. The molecule has 2 aromatic carbocycles. The number of hydrogen-bond acceptors (Lipinski definition) is 4. The first kappa shape index (κ1) is 18.3. The zero-order chi connectivity index (χ0) is 15.2. The van der Waals surface area contributed by atoms with Crippen LogP contribution in [0.5, 0.6) is 11.5 Å². The summed E-state index contributed by atoms with van der Waals surface area (Å²) in [5.41, 5.74) is 7.95. The molecule has 4 nitrogen and oxygen atoms in total. The molecule has 0 radical (unpaired) electrons. The van der Waals surface area contributed by atoms with Gasteiger partial charge in [0.2, 0.25) is 0 Å². The molecule has 0 bridgehead atoms. The van der Waals surface area contributed by atoms with Crippen molar-refractivity contribution in [3.05, 3.63) is 59.7 Å². The van der Waals surface area contributed by atoms with E-state index in [4.69, 9.17) is 15.2 Å². The Labute approximate surface area is 137 Å². The van der Waals surface area contributed by atoms with Crippen LogP contribution in [0, 0.1) is 0 Å². The van der Waals surface area contributed by atoms with Gasteiger partial charge in [-0.2, -0.15) is 0 Å². The lowest BCUT2D eigenvalue weighted by atomic mass is 9.95. The summed E-state index contributed by atoms with van der Waals surface area (Å²) in [6.07, 6.45) is -0.249. The van der Waals surface area contributed by atoms with Crippen LogP contribution in [0.4, 0.5) is 0 Å². The van der Waals surface area contributed by atoms with Crippen LogP contribution in [0.2, 0.25) is 0 Å². The highest BCUT2D eigenvalue weighted by atomic mass is 35.5. The van der Waals surface area contributed by atoms with Crippen molar-refractivity contribution in [1.82, 2.24) is 0 Å². The molecule has 0 saturated heterocycles. The molecule has 0 amide bonds. The lowest BCUT2D eigenvalue weighted by Crippen LogP contribution is -2.29. The molecule has 0 aliphatic heterocycles. The van der Waals surface area contributed by atoms with Gasteiger partial charge in [0, 0.05) is 6.42 Å². The maximum Gasteiger partial charge on any atom is 0.127 e. The van der Waals surface area contributed by atoms with Crippen LogP contribution >= 0.6 is 12.4 Å². The Morgan fingerprint density at radius 3 is 2.00 bits per heavy atom. The molecule has 0 aliphatic rings. The Bertz CT molecular complexity index is 555. The van der Waals surface area contributed by atoms with Gasteiger partial charge in [-0.25, -0.2) is 0 Å². The molecule has 0 unspecified atom stereocenters. The molecule has 5 heteroatoms. The van der Waals surface area contributed by atoms with E-state index in [1.54, 1.807) is 14.2 Å². The summed E-state index contributed by atoms with van der Waals surface area (Å²) in [6.45, 7) is 0. The van der Waals surface area contributed by atoms with Gasteiger partial charge in [-0.05, 0) is 17.7 Å². The van der Waals surface area contributed by atoms with Gasteiger partial charge in [0.1, 0.15) is 11.5 Å². The third-order valence-electron chi connectivity index (χ3n) is 3.50. The highest BCUT2D eigenvalue weighted by Crippen LogP contribution is 2.34. The second kappa shape index (κ2) is 8.63. The van der Waals surface area contributed by atoms with Crippen LogP contribution in [-0.4, -0.2) is 25.4 Å². The predicted molar refractivity (Wildman–Crippen MR) is 89.9 cm³/mol. The van der Waals surface area contributed by atoms with Crippen LogP contribution in [0.1, 0.15) is 17.2 Å². The van der Waals surface area contributed by atoms with Crippen molar-refractivity contribution in [2.45, 2.75) is 18.6 Å². The number of rotatable bonds is 6. The third kappa shape index (κ3) is 4.13. The summed E-state index contributed by atoms with van der Waals surface area (Å²) in [5, 5.41) is 10.4. The minimum absolute atomic E-state index is 0. The van der Waals surface area contributed by atoms with Gasteiger partial charge in [0.05, 0.1) is 31.9 Å². The van der Waals surface area contributed by atoms with E-state index in [2.05, 4.69) is 0 Å². The SMILES string of the molecule is COc1cccc(OC)c1[C@H](N)[C@H](O)Cc1ccccc1.Cl. The fourth-order valence-electron chi connectivity index (χ4n) is 2.38. The van der Waals surface area contributed by atoms with E-state index >= 15 is 0 Å². The maximum absolute atomic E-state index is 10.4. The Balaban J connectivity index is 0.00000242. The molecule has 0 fully saturated rings. The highest BCUT2D eigenvalue weighted by molar-refractivity contribution is 5.85. The van der Waals surface area contributed by atoms with E-state index in [-0.39, 0.29) is 12.4 Å². The predicted octanol–water partition coefficient (Wildman–Crippen LogP) is 2.73. The first-order valence-electron chi connectivity index (χ1n) is 6.85. The van der Waals surface area contributed by atoms with Gasteiger partial charge in [-0.1, -0.05) is 36.4 Å². The zero-order valence-corrected chi connectivity index (χ0v) is 13.5. The second-order valence-electron chi connectivity index (χ2n) is 4.86. The Morgan fingerprint density at radius 2 is 1.50 bits per heavy atom. The zero-order valence-electron chi connectivity index (χ0n) is 12.7. The average Bonchev–Trinajstić information content (AvgIpc) is 2.54. The molecule has 0 spiro atoms. The molecule has 120 valence electrons. The first-order chi connectivity index (χ1) is 10.2. The summed E-state index contributed by atoms with van der Waals surface area (Å²) in [7, 11) is 3.16. The fourth-order valence-corrected chi connectivity index (χ4v) is 2.38. The maximum atomic E-state index is 10.4. The number of hydrogen-bond donors (Lipinski definition) is 2. The lowest BCUT2D eigenvalue weighted by molar-refractivity contribution is 0.142. The number of ether oxygens (including phenoxy) is 2. The fraction of sp³-hybridized carbons (Fsp3) is 0.294. The molecule has 3 N–H and O–H groups in total. The topological polar surface area (TPSA) is 64.7 Å². The van der Waals surface area contributed by atoms with Crippen molar-refractivity contribution >= 4 is 12.4 Å². The monoisotopic (exact) mass is 323 g/mol. The Hall–Kier alpha value is -1.75. The number of methoxy groups -OCH3 is 2. The van der Waals surface area contributed by atoms with E-state index in [1.165, 1.54) is 0 Å². The van der Waals surface area contributed by atoms with Gasteiger partial charge in [-0.3, -0.25) is 0 Å². The highest BCUT2D eigenvalue weighted by Gasteiger charge is 2.24. The summed E-state index contributed by atoms with van der Waals surface area (Å²) in [5.74, 6) is 1.24. The summed E-state index contributed by atoms with van der Waals surface area (Å²) in [4.78, 5) is 0. The van der Waals surface area contributed by atoms with Gasteiger partial charge in [0.15, 0.2) is 0 Å². The van der Waals surface area contributed by atoms with Crippen molar-refractivity contribution < 1.29 is 14.6 Å². The minimum Gasteiger partial charge on any atom is -0.496 e. The molecule has 0 aromatic heterocycles. The lowest BCUT2D eigenvalue weighted by Gasteiger charge is -2.23. The van der Waals surface area contributed by atoms with Crippen molar-refractivity contribution in [3.63, 3.8) is 0 Å². The van der Waals surface area contributed by atoms with Crippen LogP contribution in [0.15, 0.2) is 48.5 Å². The van der Waals surface area contributed by atoms with Gasteiger partial charge < -0.3 is 20.3 Å². The molecular formula is C17H22ClNO3. The first-order valence-corrected chi connectivity index (χ1v) is 6.85. The summed E-state index contributed by atoms with van der Waals surface area (Å²) in [6, 6.07) is 14.6. The normalized spacial score (nSPS) is 12.9. The van der Waals surface area contributed by atoms with Gasteiger partial charge >= 0.3 is 0 Å². The van der Waals surface area contributed by atoms with E-state index in [0.29, 0.717) is 23.5 Å². The number of halogens is 1.